The van der Waals surface area contributed by atoms with Crippen LogP contribution in [0.25, 0.3) is 0 Å². The Labute approximate surface area is 150 Å². The van der Waals surface area contributed by atoms with Crippen LogP contribution in [0.3, 0.4) is 0 Å². The molecule has 0 fully saturated rings. The Kier molecular flexibility index (Phi) is 4.50. The molecule has 4 rings (SSSR count). The topological polar surface area (TPSA) is 29.1 Å². The van der Waals surface area contributed by atoms with Crippen molar-refractivity contribution < 1.29 is 4.79 Å². The van der Waals surface area contributed by atoms with Crippen LogP contribution in [0.15, 0.2) is 52.5 Å². The second-order valence-corrected chi connectivity index (χ2v) is 7.97. The lowest BCUT2D eigenvalue weighted by Crippen LogP contribution is -2.30. The van der Waals surface area contributed by atoms with Crippen LogP contribution in [0, 0.1) is 0 Å². The van der Waals surface area contributed by atoms with Crippen LogP contribution in [-0.4, -0.2) is 5.91 Å². The summed E-state index contributed by atoms with van der Waals surface area (Å²) in [5, 5.41) is 9.36. The molecule has 0 bridgehead atoms. The molecule has 122 valence electrons. The Morgan fingerprint density at radius 1 is 1.12 bits per heavy atom. The van der Waals surface area contributed by atoms with Crippen LogP contribution in [-0.2, 0) is 24.1 Å². The molecule has 0 saturated heterocycles. The maximum atomic E-state index is 12.5. The van der Waals surface area contributed by atoms with E-state index in [0.29, 0.717) is 6.42 Å². The summed E-state index contributed by atoms with van der Waals surface area (Å²) < 4.78 is 0. The average molecular weight is 354 g/mol. The van der Waals surface area contributed by atoms with Crippen molar-refractivity contribution in [2.75, 3.05) is 0 Å². The van der Waals surface area contributed by atoms with Gasteiger partial charge < -0.3 is 5.32 Å². The molecule has 1 aromatic carbocycles. The molecular formula is C20H19NOS2. The number of amides is 1. The maximum Gasteiger partial charge on any atom is 0.225 e. The molecule has 0 unspecified atom stereocenters. The van der Waals surface area contributed by atoms with E-state index in [4.69, 9.17) is 0 Å². The Hall–Kier alpha value is -1.91. The summed E-state index contributed by atoms with van der Waals surface area (Å²) in [7, 11) is 0. The minimum atomic E-state index is -0.0537. The van der Waals surface area contributed by atoms with Crippen molar-refractivity contribution >= 4 is 28.6 Å². The minimum Gasteiger partial charge on any atom is -0.344 e. The smallest absolute Gasteiger partial charge is 0.225 e. The molecule has 0 radical (unpaired) electrons. The molecule has 4 heteroatoms. The first kappa shape index (κ1) is 15.6. The summed E-state index contributed by atoms with van der Waals surface area (Å²) in [4.78, 5) is 13.7. The molecule has 1 N–H and O–H groups in total. The van der Waals surface area contributed by atoms with Gasteiger partial charge >= 0.3 is 0 Å². The van der Waals surface area contributed by atoms with E-state index in [-0.39, 0.29) is 11.9 Å². The fourth-order valence-electron chi connectivity index (χ4n) is 3.34. The van der Waals surface area contributed by atoms with E-state index in [2.05, 4.69) is 35.0 Å². The van der Waals surface area contributed by atoms with Gasteiger partial charge in [-0.1, -0.05) is 24.3 Å². The van der Waals surface area contributed by atoms with Crippen LogP contribution in [0.2, 0.25) is 0 Å². The highest BCUT2D eigenvalue weighted by atomic mass is 32.1. The summed E-state index contributed by atoms with van der Waals surface area (Å²) >= 11 is 3.33. The summed E-state index contributed by atoms with van der Waals surface area (Å²) in [6.07, 6.45) is 4.02. The zero-order chi connectivity index (χ0) is 16.4. The fourth-order valence-corrected chi connectivity index (χ4v) is 4.81. The quantitative estimate of drug-likeness (QED) is 0.705. The third-order valence-electron chi connectivity index (χ3n) is 4.53. The normalized spacial score (nSPS) is 14.3. The average Bonchev–Trinajstić information content (AvgIpc) is 3.33. The van der Waals surface area contributed by atoms with Gasteiger partial charge in [0.05, 0.1) is 12.5 Å². The van der Waals surface area contributed by atoms with Gasteiger partial charge in [-0.05, 0) is 69.8 Å². The van der Waals surface area contributed by atoms with Crippen molar-refractivity contribution in [2.45, 2.75) is 31.7 Å². The number of fused-ring (bicyclic) bond motifs is 1. The Morgan fingerprint density at radius 2 is 2.04 bits per heavy atom. The van der Waals surface area contributed by atoms with E-state index < -0.39 is 0 Å². The zero-order valence-electron chi connectivity index (χ0n) is 13.3. The van der Waals surface area contributed by atoms with Gasteiger partial charge in [0.15, 0.2) is 0 Å². The first-order valence-corrected chi connectivity index (χ1v) is 10.1. The van der Waals surface area contributed by atoms with Gasteiger partial charge in [-0.15, -0.1) is 11.3 Å². The van der Waals surface area contributed by atoms with Gasteiger partial charge in [0.25, 0.3) is 0 Å². The van der Waals surface area contributed by atoms with Crippen LogP contribution in [0.5, 0.6) is 0 Å². The first-order valence-electron chi connectivity index (χ1n) is 8.25. The summed E-state index contributed by atoms with van der Waals surface area (Å²) in [6, 6.07) is 12.8. The third-order valence-corrected chi connectivity index (χ3v) is 6.20. The number of hydrogen-bond acceptors (Lipinski definition) is 3. The van der Waals surface area contributed by atoms with Crippen molar-refractivity contribution in [1.82, 2.24) is 5.32 Å². The number of thiophene rings is 2. The maximum absolute atomic E-state index is 12.5. The van der Waals surface area contributed by atoms with E-state index in [1.54, 1.807) is 22.7 Å². The number of carbonyl (C=O) groups is 1. The number of rotatable bonds is 5. The Bertz CT molecular complexity index is 821. The second kappa shape index (κ2) is 6.91. The first-order chi connectivity index (χ1) is 11.8. The molecule has 1 aliphatic rings. The predicted octanol–water partition coefficient (Wildman–Crippen LogP) is 4.75. The number of nitrogens with one attached hydrogen (secondary N) is 1. The van der Waals surface area contributed by atoms with E-state index in [0.717, 1.165) is 12.0 Å². The number of carbonyl (C=O) groups excluding carboxylic acids is 1. The van der Waals surface area contributed by atoms with E-state index in [1.807, 2.05) is 22.9 Å². The van der Waals surface area contributed by atoms with Gasteiger partial charge in [0.1, 0.15) is 0 Å². The summed E-state index contributed by atoms with van der Waals surface area (Å²) in [6.45, 7) is 0. The van der Waals surface area contributed by atoms with Crippen LogP contribution >= 0.6 is 22.7 Å². The zero-order valence-corrected chi connectivity index (χ0v) is 15.0. The largest absolute Gasteiger partial charge is 0.344 e. The van der Waals surface area contributed by atoms with Crippen LogP contribution in [0.1, 0.15) is 39.6 Å². The summed E-state index contributed by atoms with van der Waals surface area (Å²) in [5.41, 5.74) is 5.18. The molecular weight excluding hydrogens is 334 g/mol. The second-order valence-electron chi connectivity index (χ2n) is 6.21. The van der Waals surface area contributed by atoms with Gasteiger partial charge in [-0.3, -0.25) is 4.79 Å². The number of benzene rings is 1. The molecule has 24 heavy (non-hydrogen) atoms. The van der Waals surface area contributed by atoms with Gasteiger partial charge in [0.2, 0.25) is 5.91 Å². The van der Waals surface area contributed by atoms with Crippen LogP contribution < -0.4 is 5.32 Å². The van der Waals surface area contributed by atoms with Gasteiger partial charge in [0, 0.05) is 4.88 Å². The van der Waals surface area contributed by atoms with Gasteiger partial charge in [-0.2, -0.15) is 11.3 Å². The van der Waals surface area contributed by atoms with Crippen molar-refractivity contribution in [3.63, 3.8) is 0 Å². The molecule has 0 saturated carbocycles. The Balaban J connectivity index is 1.59. The number of aryl methyl sites for hydroxylation is 2. The van der Waals surface area contributed by atoms with Crippen molar-refractivity contribution in [1.29, 1.82) is 0 Å². The number of hydrogen-bond donors (Lipinski definition) is 1. The lowest BCUT2D eigenvalue weighted by Gasteiger charge is -2.19. The van der Waals surface area contributed by atoms with Gasteiger partial charge in [-0.25, -0.2) is 0 Å². The third kappa shape index (κ3) is 3.30. The lowest BCUT2D eigenvalue weighted by atomic mass is 9.99. The molecule has 3 aromatic rings. The standard InChI is InChI=1S/C20H19NOS2/c22-19(11-14-8-10-23-13-14)21-20(18-5-2-9-24-18)17-7-6-15-3-1-4-16(15)12-17/h2,5-10,12-13,20H,1,3-4,11H2,(H,21,22)/t20-/m1/s1. The fraction of sp³-hybridized carbons (Fsp3) is 0.250. The highest BCUT2D eigenvalue weighted by Gasteiger charge is 2.20. The van der Waals surface area contributed by atoms with E-state index >= 15 is 0 Å². The van der Waals surface area contributed by atoms with Crippen molar-refractivity contribution in [2.24, 2.45) is 0 Å². The van der Waals surface area contributed by atoms with E-state index in [9.17, 15) is 4.79 Å². The van der Waals surface area contributed by atoms with Crippen LogP contribution in [0.4, 0.5) is 0 Å². The monoisotopic (exact) mass is 353 g/mol. The Morgan fingerprint density at radius 3 is 2.83 bits per heavy atom. The lowest BCUT2D eigenvalue weighted by molar-refractivity contribution is -0.120. The molecule has 0 spiro atoms. The highest BCUT2D eigenvalue weighted by Crippen LogP contribution is 2.30. The highest BCUT2D eigenvalue weighted by molar-refractivity contribution is 7.10. The predicted molar refractivity (Wildman–Crippen MR) is 101 cm³/mol. The van der Waals surface area contributed by atoms with E-state index in [1.165, 1.54) is 34.4 Å². The molecule has 2 nitrogen and oxygen atoms in total. The molecule has 1 amide bonds. The molecule has 2 aromatic heterocycles. The molecule has 0 aliphatic heterocycles. The minimum absolute atomic E-state index is 0.0537. The SMILES string of the molecule is O=C(Cc1ccsc1)N[C@H](c1ccc2c(c1)CCC2)c1cccs1. The van der Waals surface area contributed by atoms with Crippen molar-refractivity contribution in [3.8, 4) is 0 Å². The summed E-state index contributed by atoms with van der Waals surface area (Å²) in [5.74, 6) is 0.0762. The molecule has 2 heterocycles. The van der Waals surface area contributed by atoms with Crippen molar-refractivity contribution in [3.05, 3.63) is 79.7 Å². The molecule has 1 aliphatic carbocycles. The molecule has 1 atom stereocenters.